The van der Waals surface area contributed by atoms with Gasteiger partial charge in [0.15, 0.2) is 23.9 Å². The first kappa shape index (κ1) is 21.1. The van der Waals surface area contributed by atoms with Crippen molar-refractivity contribution in [1.29, 1.82) is 0 Å². The van der Waals surface area contributed by atoms with Crippen molar-refractivity contribution in [2.24, 2.45) is 0 Å². The first-order chi connectivity index (χ1) is 15.3. The Bertz CT molecular complexity index is 1240. The molecule has 1 aliphatic rings. The summed E-state index contributed by atoms with van der Waals surface area (Å²) >= 11 is 0. The van der Waals surface area contributed by atoms with Crippen LogP contribution >= 0.6 is 0 Å². The molecule has 2 aromatic heterocycles. The minimum Gasteiger partial charge on any atom is -0.486 e. The molecule has 1 aromatic carbocycles. The minimum absolute atomic E-state index is 0.172. The van der Waals surface area contributed by atoms with E-state index in [1.807, 2.05) is 0 Å². The van der Waals surface area contributed by atoms with Gasteiger partial charge in [0.2, 0.25) is 5.78 Å². The van der Waals surface area contributed by atoms with Crippen LogP contribution in [0.5, 0.6) is 11.5 Å². The molecule has 32 heavy (non-hydrogen) atoms. The molecule has 0 saturated heterocycles. The smallest absolute Gasteiger partial charge is 0.345 e. The van der Waals surface area contributed by atoms with Crippen molar-refractivity contribution in [2.75, 3.05) is 19.8 Å². The van der Waals surface area contributed by atoms with Gasteiger partial charge in [-0.05, 0) is 26.8 Å². The Kier molecular flexibility index (Phi) is 5.39. The van der Waals surface area contributed by atoms with Crippen molar-refractivity contribution >= 4 is 17.4 Å². The first-order valence-electron chi connectivity index (χ1n) is 9.67. The van der Waals surface area contributed by atoms with E-state index in [1.165, 1.54) is 6.07 Å². The van der Waals surface area contributed by atoms with Crippen molar-refractivity contribution < 1.29 is 33.2 Å². The van der Waals surface area contributed by atoms with Gasteiger partial charge in [-0.3, -0.25) is 19.5 Å². The third-order valence-corrected chi connectivity index (χ3v) is 4.99. The van der Waals surface area contributed by atoms with Crippen LogP contribution in [0.1, 0.15) is 37.9 Å². The molecule has 0 atom stereocenters. The number of fused-ring (bicyclic) bond motifs is 1. The summed E-state index contributed by atoms with van der Waals surface area (Å²) < 4.78 is 22.7. The number of hydrogen-bond acceptors (Lipinski definition) is 9. The van der Waals surface area contributed by atoms with Crippen LogP contribution in [0.4, 0.5) is 5.69 Å². The summed E-state index contributed by atoms with van der Waals surface area (Å²) in [5.41, 5.74) is 0.865. The zero-order valence-electron chi connectivity index (χ0n) is 17.5. The molecular formula is C21H19N3O8. The van der Waals surface area contributed by atoms with Gasteiger partial charge in [0.1, 0.15) is 24.5 Å². The number of benzene rings is 1. The third kappa shape index (κ3) is 3.80. The van der Waals surface area contributed by atoms with Crippen molar-refractivity contribution in [1.82, 2.24) is 9.72 Å². The molecule has 0 N–H and O–H groups in total. The summed E-state index contributed by atoms with van der Waals surface area (Å²) in [7, 11) is 0. The second-order valence-corrected chi connectivity index (χ2v) is 7.19. The number of ether oxygens (including phenoxy) is 3. The van der Waals surface area contributed by atoms with Crippen molar-refractivity contribution in [3.8, 4) is 17.3 Å². The molecule has 1 aliphatic heterocycles. The highest BCUT2D eigenvalue weighted by Crippen LogP contribution is 2.37. The minimum atomic E-state index is -1.01. The molecule has 166 valence electrons. The molecule has 0 aliphatic carbocycles. The van der Waals surface area contributed by atoms with E-state index in [2.05, 4.69) is 5.16 Å². The Balaban J connectivity index is 1.54. The van der Waals surface area contributed by atoms with E-state index in [0.717, 1.165) is 11.8 Å². The number of aryl methyl sites for hydroxylation is 2. The lowest BCUT2D eigenvalue weighted by atomic mass is 10.1. The quantitative estimate of drug-likeness (QED) is 0.244. The number of nitrogens with zero attached hydrogens (tertiary/aromatic N) is 3. The Hall–Kier alpha value is -4.15. The fourth-order valence-corrected chi connectivity index (χ4v) is 3.54. The van der Waals surface area contributed by atoms with Crippen LogP contribution in [0.25, 0.3) is 5.82 Å². The van der Waals surface area contributed by atoms with Gasteiger partial charge in [-0.25, -0.2) is 4.79 Å². The summed E-state index contributed by atoms with van der Waals surface area (Å²) in [5, 5.41) is 15.4. The Morgan fingerprint density at radius 1 is 1.09 bits per heavy atom. The van der Waals surface area contributed by atoms with Gasteiger partial charge >= 0.3 is 5.97 Å². The summed E-state index contributed by atoms with van der Waals surface area (Å²) in [4.78, 5) is 36.0. The maximum absolute atomic E-state index is 12.7. The SMILES string of the molecule is Cc1cc(-n2c(C)cc(C(=O)COC(=O)c3cc4c(cc3[N+](=O)[O-])OCCO4)c2C)no1. The van der Waals surface area contributed by atoms with Crippen LogP contribution in [-0.2, 0) is 4.74 Å². The van der Waals surface area contributed by atoms with E-state index in [4.69, 9.17) is 18.7 Å². The highest BCUT2D eigenvalue weighted by atomic mass is 16.6. The van der Waals surface area contributed by atoms with Gasteiger partial charge in [0.25, 0.3) is 5.69 Å². The number of hydrogen-bond donors (Lipinski definition) is 0. The Labute approximate surface area is 181 Å². The van der Waals surface area contributed by atoms with Gasteiger partial charge in [-0.1, -0.05) is 5.16 Å². The van der Waals surface area contributed by atoms with Crippen molar-refractivity contribution in [2.45, 2.75) is 20.8 Å². The molecule has 0 saturated carbocycles. The summed E-state index contributed by atoms with van der Waals surface area (Å²) in [6.07, 6.45) is 0. The predicted molar refractivity (Wildman–Crippen MR) is 109 cm³/mol. The van der Waals surface area contributed by atoms with E-state index < -0.39 is 29.0 Å². The van der Waals surface area contributed by atoms with E-state index >= 15 is 0 Å². The van der Waals surface area contributed by atoms with E-state index in [0.29, 0.717) is 22.8 Å². The van der Waals surface area contributed by atoms with Gasteiger partial charge in [-0.2, -0.15) is 0 Å². The second kappa shape index (κ2) is 8.17. The van der Waals surface area contributed by atoms with Crippen molar-refractivity contribution in [3.63, 3.8) is 0 Å². The maximum Gasteiger partial charge on any atom is 0.345 e. The van der Waals surface area contributed by atoms with Crippen LogP contribution in [0.3, 0.4) is 0 Å². The number of rotatable bonds is 6. The third-order valence-electron chi connectivity index (χ3n) is 4.99. The Morgan fingerprint density at radius 3 is 2.41 bits per heavy atom. The van der Waals surface area contributed by atoms with Crippen LogP contribution in [0, 0.1) is 30.9 Å². The van der Waals surface area contributed by atoms with Gasteiger partial charge < -0.3 is 18.7 Å². The molecule has 0 bridgehead atoms. The van der Waals surface area contributed by atoms with Crippen molar-refractivity contribution in [3.05, 3.63) is 62.7 Å². The lowest BCUT2D eigenvalue weighted by molar-refractivity contribution is -0.385. The van der Waals surface area contributed by atoms with Crippen LogP contribution in [-0.4, -0.2) is 46.2 Å². The number of carbonyl (C=O) groups excluding carboxylic acids is 2. The average Bonchev–Trinajstić information content (AvgIpc) is 3.32. The lowest BCUT2D eigenvalue weighted by Crippen LogP contribution is -2.18. The second-order valence-electron chi connectivity index (χ2n) is 7.19. The number of Topliss-reactive ketones (excluding diaryl/α,β-unsaturated/α-hetero) is 1. The maximum atomic E-state index is 12.7. The first-order valence-corrected chi connectivity index (χ1v) is 9.67. The predicted octanol–water partition coefficient (Wildman–Crippen LogP) is 3.11. The van der Waals surface area contributed by atoms with Crippen LogP contribution in [0.15, 0.2) is 28.8 Å². The summed E-state index contributed by atoms with van der Waals surface area (Å²) in [5.74, 6) is 0.0505. The number of ketones is 1. The fraction of sp³-hybridized carbons (Fsp3) is 0.286. The normalized spacial score (nSPS) is 12.5. The highest BCUT2D eigenvalue weighted by Gasteiger charge is 2.28. The number of carbonyl (C=O) groups is 2. The summed E-state index contributed by atoms with van der Waals surface area (Å²) in [6, 6.07) is 5.69. The van der Waals surface area contributed by atoms with Gasteiger partial charge in [0.05, 0.1) is 11.0 Å². The largest absolute Gasteiger partial charge is 0.486 e. The number of nitro benzene ring substituents is 1. The van der Waals surface area contributed by atoms with E-state index in [9.17, 15) is 19.7 Å². The molecule has 0 unspecified atom stereocenters. The molecule has 11 heteroatoms. The standard InChI is InChI=1S/C21H19N3O8/c1-11-6-14(13(3)23(11)20-7-12(2)32-22-20)17(25)10-31-21(26)15-8-18-19(30-5-4-29-18)9-16(15)24(27)28/h6-9H,4-5,10H2,1-3H3. The molecule has 4 rings (SSSR count). The number of aromatic nitrogens is 2. The lowest BCUT2D eigenvalue weighted by Gasteiger charge is -2.18. The molecule has 3 heterocycles. The topological polar surface area (TPSA) is 136 Å². The molecule has 0 radical (unpaired) electrons. The molecule has 0 amide bonds. The van der Waals surface area contributed by atoms with Gasteiger partial charge in [-0.15, -0.1) is 0 Å². The zero-order chi connectivity index (χ0) is 23.0. The fourth-order valence-electron chi connectivity index (χ4n) is 3.54. The number of nitro groups is 1. The monoisotopic (exact) mass is 441 g/mol. The highest BCUT2D eigenvalue weighted by molar-refractivity contribution is 6.01. The molecule has 0 fully saturated rings. The van der Waals surface area contributed by atoms with Gasteiger partial charge in [0, 0.05) is 29.1 Å². The van der Waals surface area contributed by atoms with E-state index in [1.54, 1.807) is 37.5 Å². The van der Waals surface area contributed by atoms with E-state index in [-0.39, 0.29) is 30.3 Å². The molecule has 3 aromatic rings. The Morgan fingerprint density at radius 2 is 1.78 bits per heavy atom. The van der Waals surface area contributed by atoms with Crippen LogP contribution < -0.4 is 9.47 Å². The molecule has 11 nitrogen and oxygen atoms in total. The molecule has 0 spiro atoms. The zero-order valence-corrected chi connectivity index (χ0v) is 17.5. The number of esters is 1. The molecular weight excluding hydrogens is 422 g/mol. The average molecular weight is 441 g/mol. The van der Waals surface area contributed by atoms with Crippen LogP contribution in [0.2, 0.25) is 0 Å². The summed E-state index contributed by atoms with van der Waals surface area (Å²) in [6.45, 7) is 5.20.